The van der Waals surface area contributed by atoms with Crippen LogP contribution >= 0.6 is 0 Å². The number of hydrogen-bond acceptors (Lipinski definition) is 12. The molecule has 1 saturated carbocycles. The molecule has 3 spiro atoms. The number of hydrogen-bond donors (Lipinski definition) is 6. The summed E-state index contributed by atoms with van der Waals surface area (Å²) in [4.78, 5) is 32.6. The zero-order valence-corrected chi connectivity index (χ0v) is 52.1. The smallest absolute Gasteiger partial charge is 0.0917 e. The molecule has 0 amide bonds. The van der Waals surface area contributed by atoms with E-state index in [1.54, 1.807) is 0 Å². The summed E-state index contributed by atoms with van der Waals surface area (Å²) < 4.78 is 0. The third-order valence-electron chi connectivity index (χ3n) is 23.4. The summed E-state index contributed by atoms with van der Waals surface area (Å²) in [6.45, 7) is 28.6. The second-order valence-corrected chi connectivity index (χ2v) is 32.2. The fraction of sp³-hybridized carbons (Fsp3) is 0.387. The van der Waals surface area contributed by atoms with Crippen molar-refractivity contribution in [1.29, 1.82) is 0 Å². The van der Waals surface area contributed by atoms with Crippen LogP contribution in [-0.2, 0) is 43.3 Å². The molecule has 436 valence electrons. The van der Waals surface area contributed by atoms with Gasteiger partial charge in [-0.3, -0.25) is 0 Å². The zero-order valence-electron chi connectivity index (χ0n) is 52.1. The Kier molecular flexibility index (Phi) is 9.21. The highest BCUT2D eigenvalue weighted by molar-refractivity contribution is 5.99. The summed E-state index contributed by atoms with van der Waals surface area (Å²) in [7, 11) is 0. The molecule has 87 heavy (non-hydrogen) atoms. The number of benzene rings is 7. The van der Waals surface area contributed by atoms with Gasteiger partial charge < -0.3 is 33.6 Å². The summed E-state index contributed by atoms with van der Waals surface area (Å²) >= 11 is 0. The Morgan fingerprint density at radius 1 is 0.276 bits per heavy atom. The molecule has 7 aliphatic carbocycles. The van der Waals surface area contributed by atoms with E-state index in [9.17, 15) is 0 Å². The van der Waals surface area contributed by atoms with Crippen molar-refractivity contribution in [2.75, 3.05) is 33.6 Å². The second kappa shape index (κ2) is 15.5. The SMILES string of the molecule is CC1(C)CC2(CC(C)(C)c3cc(N)c(N)cc32)C2=CC3Nc4cc5nc6cc7c(cc6nc5cc4NC3C=C21)C1(CC7(C)C)CC(C)(C)c2cc3nc4cc5nc6cc7c(cc6nc5cc4nc3cc21)C(C)(C)CC71CC(C)(C)c2cc(N)c(N)cc21. The molecule has 0 saturated heterocycles. The molecule has 0 bridgehead atoms. The third-order valence-corrected chi connectivity index (χ3v) is 23.4. The van der Waals surface area contributed by atoms with Crippen LogP contribution in [-0.4, -0.2) is 42.0 Å². The number of fused-ring (bicyclic) bond motifs is 20. The molecule has 8 aliphatic rings. The Balaban J connectivity index is 0.710. The van der Waals surface area contributed by atoms with E-state index in [0.717, 1.165) is 116 Å². The van der Waals surface area contributed by atoms with Gasteiger partial charge in [0, 0.05) is 16.2 Å². The minimum atomic E-state index is -0.260. The van der Waals surface area contributed by atoms with Crippen LogP contribution in [0.2, 0.25) is 0 Å². The highest BCUT2D eigenvalue weighted by Gasteiger charge is 2.61. The van der Waals surface area contributed by atoms with Gasteiger partial charge >= 0.3 is 0 Å². The standard InChI is InChI=1S/C75H76N12/c1-67(2)29-73(41-15-49(78)47(76)13-35(41)67)31-69(5,6)37-17-51-55(21-43(37)73)84-63-25-61-65(27-59(63)80-51)86-57-23-45-39(19-53(57)82-61)71(9,10)33-75(45)34-72(11,12)40-20-54-58(24-46(40)75)87-66-28-60-64(26-62(66)83-54)85-56-22-44-38(18-52(56)81-60)70(7,8)32-74(44)30-68(3,4)36-14-48(77)50(79)16-42(36)74/h13-28,51,55,80,84H,29-34,76-79H2,1-12H3. The normalized spacial score (nSPS) is 27.1. The Morgan fingerprint density at radius 3 is 0.851 bits per heavy atom. The molecule has 10 aromatic rings. The summed E-state index contributed by atoms with van der Waals surface area (Å²) in [5.74, 6) is 0. The fourth-order valence-corrected chi connectivity index (χ4v) is 20.2. The van der Waals surface area contributed by atoms with Crippen molar-refractivity contribution in [3.8, 4) is 0 Å². The van der Waals surface area contributed by atoms with Crippen LogP contribution in [0.1, 0.15) is 177 Å². The molecule has 1 fully saturated rings. The first-order valence-corrected chi connectivity index (χ1v) is 31.6. The maximum absolute atomic E-state index is 6.59. The van der Waals surface area contributed by atoms with Gasteiger partial charge in [-0.15, -0.1) is 0 Å². The Hall–Kier alpha value is -8.38. The number of allylic oxidation sites excluding steroid dienone is 2. The molecule has 0 radical (unpaired) electrons. The monoisotopic (exact) mass is 1140 g/mol. The second-order valence-electron chi connectivity index (χ2n) is 32.2. The number of nitrogens with zero attached hydrogens (tertiary/aromatic N) is 6. The third kappa shape index (κ3) is 6.59. The summed E-state index contributed by atoms with van der Waals surface area (Å²) in [6.07, 6.45) is 11.0. The molecule has 12 nitrogen and oxygen atoms in total. The van der Waals surface area contributed by atoms with Crippen molar-refractivity contribution >= 4 is 100 Å². The lowest BCUT2D eigenvalue weighted by molar-refractivity contribution is 0.332. The molecular weight excluding hydrogens is 1070 g/mol. The van der Waals surface area contributed by atoms with Crippen molar-refractivity contribution in [3.63, 3.8) is 0 Å². The number of nitrogens with one attached hydrogen (secondary N) is 2. The predicted molar refractivity (Wildman–Crippen MR) is 356 cm³/mol. The number of nitrogens with two attached hydrogens (primary N) is 4. The lowest BCUT2D eigenvalue weighted by Crippen LogP contribution is -2.43. The van der Waals surface area contributed by atoms with E-state index in [2.05, 4.69) is 191 Å². The van der Waals surface area contributed by atoms with Crippen molar-refractivity contribution < 1.29 is 0 Å². The maximum Gasteiger partial charge on any atom is 0.0917 e. The van der Waals surface area contributed by atoms with E-state index in [1.165, 1.54) is 66.8 Å². The van der Waals surface area contributed by atoms with E-state index >= 15 is 0 Å². The van der Waals surface area contributed by atoms with Crippen LogP contribution in [0, 0.1) is 5.41 Å². The molecule has 4 heterocycles. The van der Waals surface area contributed by atoms with Gasteiger partial charge in [-0.1, -0.05) is 95.2 Å². The number of anilines is 6. The van der Waals surface area contributed by atoms with E-state index in [-0.39, 0.29) is 60.8 Å². The minimum Gasteiger partial charge on any atom is -0.397 e. The van der Waals surface area contributed by atoms with Crippen molar-refractivity contribution in [2.45, 2.75) is 177 Å². The van der Waals surface area contributed by atoms with E-state index in [1.807, 2.05) is 0 Å². The molecule has 12 heteroatoms. The number of aromatic nitrogens is 6. The first kappa shape index (κ1) is 51.8. The lowest BCUT2D eigenvalue weighted by atomic mass is 9.72. The highest BCUT2D eigenvalue weighted by atomic mass is 15.1. The van der Waals surface area contributed by atoms with Gasteiger partial charge in [0.05, 0.1) is 112 Å². The van der Waals surface area contributed by atoms with Crippen LogP contribution in [0.3, 0.4) is 0 Å². The summed E-state index contributed by atoms with van der Waals surface area (Å²) in [5.41, 5.74) is 56.3. The Bertz CT molecular complexity index is 5040. The van der Waals surface area contributed by atoms with Crippen molar-refractivity contribution in [1.82, 2.24) is 29.9 Å². The highest BCUT2D eigenvalue weighted by Crippen LogP contribution is 2.69. The molecule has 1 aliphatic heterocycles. The molecule has 7 aromatic carbocycles. The van der Waals surface area contributed by atoms with Crippen LogP contribution in [0.4, 0.5) is 34.1 Å². The van der Waals surface area contributed by atoms with Crippen LogP contribution < -0.4 is 33.6 Å². The predicted octanol–water partition coefficient (Wildman–Crippen LogP) is 15.1. The van der Waals surface area contributed by atoms with Gasteiger partial charge in [-0.2, -0.15) is 0 Å². The topological polar surface area (TPSA) is 205 Å². The van der Waals surface area contributed by atoms with E-state index < -0.39 is 0 Å². The first-order chi connectivity index (χ1) is 40.9. The van der Waals surface area contributed by atoms with Gasteiger partial charge in [0.2, 0.25) is 0 Å². The molecule has 5 atom stereocenters. The molecule has 3 aromatic heterocycles. The molecule has 5 unspecified atom stereocenters. The first-order valence-electron chi connectivity index (χ1n) is 31.6. The fourth-order valence-electron chi connectivity index (χ4n) is 20.2. The van der Waals surface area contributed by atoms with Crippen LogP contribution in [0.25, 0.3) is 66.2 Å². The number of nitrogen functional groups attached to an aromatic ring is 4. The van der Waals surface area contributed by atoms with Gasteiger partial charge in [0.1, 0.15) is 0 Å². The maximum atomic E-state index is 6.59. The van der Waals surface area contributed by atoms with Gasteiger partial charge in [-0.25, -0.2) is 29.9 Å². The lowest BCUT2D eigenvalue weighted by Gasteiger charge is -2.39. The Labute approximate surface area is 507 Å². The van der Waals surface area contributed by atoms with Gasteiger partial charge in [-0.05, 0) is 223 Å². The average Bonchev–Trinajstić information content (AvgIpc) is 1.57. The van der Waals surface area contributed by atoms with Crippen LogP contribution in [0.15, 0.2) is 108 Å². The molecular formula is C75H76N12. The van der Waals surface area contributed by atoms with Crippen LogP contribution in [0.5, 0.6) is 0 Å². The Morgan fingerprint density at radius 2 is 0.506 bits per heavy atom. The van der Waals surface area contributed by atoms with Gasteiger partial charge in [0.25, 0.3) is 0 Å². The average molecular weight is 1150 g/mol. The summed E-state index contributed by atoms with van der Waals surface area (Å²) in [6, 6.07) is 31.4. The minimum absolute atomic E-state index is 0.0298. The molecule has 10 N–H and O–H groups in total. The zero-order chi connectivity index (χ0) is 60.2. The quantitative estimate of drug-likeness (QED) is 0.0620. The van der Waals surface area contributed by atoms with E-state index in [0.29, 0.717) is 22.7 Å². The van der Waals surface area contributed by atoms with Crippen molar-refractivity contribution in [3.05, 3.63) is 164 Å². The van der Waals surface area contributed by atoms with E-state index in [4.69, 9.17) is 52.8 Å². The largest absolute Gasteiger partial charge is 0.397 e. The van der Waals surface area contributed by atoms with Gasteiger partial charge in [0.15, 0.2) is 0 Å². The number of rotatable bonds is 0. The summed E-state index contributed by atoms with van der Waals surface area (Å²) in [5, 5.41) is 7.99. The van der Waals surface area contributed by atoms with Crippen molar-refractivity contribution in [2.24, 2.45) is 5.41 Å². The molecule has 18 rings (SSSR count).